The Hall–Kier alpha value is -3.16. The van der Waals surface area contributed by atoms with Gasteiger partial charge in [-0.15, -0.1) is 0 Å². The lowest BCUT2D eigenvalue weighted by Crippen LogP contribution is -2.36. The van der Waals surface area contributed by atoms with Gasteiger partial charge in [-0.05, 0) is 18.2 Å². The summed E-state index contributed by atoms with van der Waals surface area (Å²) < 4.78 is 116. The molecule has 0 atom stereocenters. The lowest BCUT2D eigenvalue weighted by molar-refractivity contribution is -0.292. The minimum Gasteiger partial charge on any atom is -0.465 e. The van der Waals surface area contributed by atoms with Crippen molar-refractivity contribution in [3.63, 3.8) is 0 Å². The summed E-state index contributed by atoms with van der Waals surface area (Å²) in [6, 6.07) is 4.57. The fourth-order valence-corrected chi connectivity index (χ4v) is 3.10. The summed E-state index contributed by atoms with van der Waals surface area (Å²) in [5.41, 5.74) is -6.80. The smallest absolute Gasteiger partial charge is 0.459 e. The van der Waals surface area contributed by atoms with Gasteiger partial charge in [0, 0.05) is 18.7 Å². The first-order valence-corrected chi connectivity index (χ1v) is 8.92. The molecule has 0 unspecified atom stereocenters. The highest BCUT2D eigenvalue weighted by Crippen LogP contribution is 2.50. The Labute approximate surface area is 183 Å². The Balaban J connectivity index is 2.18. The van der Waals surface area contributed by atoms with Gasteiger partial charge >= 0.3 is 24.2 Å². The Morgan fingerprint density at radius 3 is 2.27 bits per heavy atom. The van der Waals surface area contributed by atoms with E-state index < -0.39 is 46.9 Å². The van der Waals surface area contributed by atoms with Crippen molar-refractivity contribution in [3.8, 4) is 22.7 Å². The summed E-state index contributed by atoms with van der Waals surface area (Å²) in [4.78, 5) is 11.8. The maximum Gasteiger partial charge on any atom is 0.459 e. The number of alkyl halides is 8. The molecule has 0 saturated carbocycles. The Morgan fingerprint density at radius 1 is 1.09 bits per heavy atom. The number of benzene rings is 1. The first-order chi connectivity index (χ1) is 15.1. The van der Waals surface area contributed by atoms with Crippen LogP contribution in [0.25, 0.3) is 22.7 Å². The molecule has 0 spiro atoms. The Bertz CT molecular complexity index is 1210. The molecule has 6 nitrogen and oxygen atoms in total. The Morgan fingerprint density at radius 2 is 1.73 bits per heavy atom. The van der Waals surface area contributed by atoms with E-state index in [9.17, 15) is 39.9 Å². The van der Waals surface area contributed by atoms with E-state index in [0.717, 1.165) is 26.3 Å². The first-order valence-electron chi connectivity index (χ1n) is 8.54. The average Bonchev–Trinajstić information content (AvgIpc) is 3.31. The maximum atomic E-state index is 13.8. The van der Waals surface area contributed by atoms with Crippen molar-refractivity contribution in [1.29, 1.82) is 0 Å². The van der Waals surface area contributed by atoms with E-state index in [1.807, 2.05) is 0 Å². The number of carbonyl (C=O) groups is 1. The molecule has 0 fully saturated rings. The quantitative estimate of drug-likeness (QED) is 0.330. The molecule has 15 heteroatoms. The van der Waals surface area contributed by atoms with Crippen LogP contribution in [0.1, 0.15) is 21.6 Å². The summed E-state index contributed by atoms with van der Waals surface area (Å²) in [5.74, 6) is -6.98. The van der Waals surface area contributed by atoms with Crippen LogP contribution in [0.5, 0.6) is 0 Å². The van der Waals surface area contributed by atoms with Crippen molar-refractivity contribution in [2.24, 2.45) is 7.05 Å². The Kier molecular flexibility index (Phi) is 5.94. The molecule has 0 aliphatic carbocycles. The van der Waals surface area contributed by atoms with Gasteiger partial charge < -0.3 is 9.26 Å². The van der Waals surface area contributed by atoms with Crippen LogP contribution in [0.2, 0.25) is 5.02 Å². The van der Waals surface area contributed by atoms with Crippen LogP contribution in [0.3, 0.4) is 0 Å². The van der Waals surface area contributed by atoms with Crippen LogP contribution in [0, 0.1) is 0 Å². The SMILES string of the molecule is COC(=O)c1cc(-c2cc(-c3c(C(F)(F)F)c(C(F)(F)C(F)(F)F)nn3C)no2)ccc1Cl. The molecule has 3 rings (SSSR count). The van der Waals surface area contributed by atoms with Gasteiger partial charge in [-0.3, -0.25) is 4.68 Å². The van der Waals surface area contributed by atoms with Gasteiger partial charge in [0.15, 0.2) is 11.5 Å². The highest BCUT2D eigenvalue weighted by molar-refractivity contribution is 6.33. The zero-order valence-corrected chi connectivity index (χ0v) is 17.0. The lowest BCUT2D eigenvalue weighted by Gasteiger charge is -2.19. The number of halogens is 9. The molecule has 2 heterocycles. The minimum atomic E-state index is -6.33. The number of ether oxygens (including phenoxy) is 1. The zero-order valence-electron chi connectivity index (χ0n) is 16.3. The molecular formula is C18H10ClF8N3O3. The summed E-state index contributed by atoms with van der Waals surface area (Å²) in [6.07, 6.45) is -12.0. The van der Waals surface area contributed by atoms with Crippen LogP contribution in [0.4, 0.5) is 35.1 Å². The molecule has 178 valence electrons. The number of esters is 1. The van der Waals surface area contributed by atoms with E-state index in [4.69, 9.17) is 16.1 Å². The van der Waals surface area contributed by atoms with Crippen molar-refractivity contribution < 1.29 is 49.2 Å². The highest BCUT2D eigenvalue weighted by Gasteiger charge is 2.64. The first kappa shape index (κ1) is 24.5. The number of hydrogen-bond acceptors (Lipinski definition) is 5. The third kappa shape index (κ3) is 4.26. The van der Waals surface area contributed by atoms with Crippen molar-refractivity contribution in [3.05, 3.63) is 46.1 Å². The number of hydrogen-bond donors (Lipinski definition) is 0. The maximum absolute atomic E-state index is 13.8. The second kappa shape index (κ2) is 8.01. The number of aromatic nitrogens is 3. The largest absolute Gasteiger partial charge is 0.465 e. The van der Waals surface area contributed by atoms with E-state index >= 15 is 0 Å². The predicted molar refractivity (Wildman–Crippen MR) is 95.4 cm³/mol. The zero-order chi connectivity index (χ0) is 24.9. The molecule has 2 aromatic heterocycles. The average molecular weight is 504 g/mol. The monoisotopic (exact) mass is 503 g/mol. The number of aryl methyl sites for hydroxylation is 1. The van der Waals surface area contributed by atoms with E-state index in [0.29, 0.717) is 0 Å². The number of carbonyl (C=O) groups excluding carboxylic acids is 1. The molecule has 3 aromatic rings. The standard InChI is InChI=1S/C18H10ClF8N3O3/c1-30-13(12(17(22,23)24)14(28-30)16(20,21)18(25,26)27)10-6-11(33-29-10)7-3-4-9(19)8(5-7)15(31)32-2/h3-6H,1-2H3. The van der Waals surface area contributed by atoms with Gasteiger partial charge in [-0.1, -0.05) is 16.8 Å². The molecule has 0 saturated heterocycles. The minimum absolute atomic E-state index is 0.0182. The third-order valence-electron chi connectivity index (χ3n) is 4.39. The van der Waals surface area contributed by atoms with Crippen LogP contribution < -0.4 is 0 Å². The van der Waals surface area contributed by atoms with Crippen LogP contribution in [-0.2, 0) is 23.9 Å². The fourth-order valence-electron chi connectivity index (χ4n) is 2.91. The molecule has 0 amide bonds. The molecule has 0 bridgehead atoms. The van der Waals surface area contributed by atoms with Crippen molar-refractivity contribution in [1.82, 2.24) is 14.9 Å². The summed E-state index contributed by atoms with van der Waals surface area (Å²) >= 11 is 5.89. The van der Waals surface area contributed by atoms with Crippen LogP contribution >= 0.6 is 11.6 Å². The van der Waals surface area contributed by atoms with E-state index in [1.54, 1.807) is 0 Å². The van der Waals surface area contributed by atoms with Crippen molar-refractivity contribution in [2.45, 2.75) is 18.3 Å². The van der Waals surface area contributed by atoms with Gasteiger partial charge in [0.1, 0.15) is 17.0 Å². The van der Waals surface area contributed by atoms with Crippen LogP contribution in [0.15, 0.2) is 28.8 Å². The van der Waals surface area contributed by atoms with E-state index in [2.05, 4.69) is 15.0 Å². The van der Waals surface area contributed by atoms with Crippen LogP contribution in [-0.4, -0.2) is 34.2 Å². The topological polar surface area (TPSA) is 70.2 Å². The highest BCUT2D eigenvalue weighted by atomic mass is 35.5. The van der Waals surface area contributed by atoms with Gasteiger partial charge in [-0.25, -0.2) is 4.79 Å². The molecule has 0 radical (unpaired) electrons. The molecule has 1 aromatic carbocycles. The van der Waals surface area contributed by atoms with Gasteiger partial charge in [0.2, 0.25) is 0 Å². The lowest BCUT2D eigenvalue weighted by atomic mass is 10.0. The molecule has 0 N–H and O–H groups in total. The summed E-state index contributed by atoms with van der Waals surface area (Å²) in [5, 5.41) is 6.14. The van der Waals surface area contributed by atoms with E-state index in [-0.39, 0.29) is 26.6 Å². The molecule has 33 heavy (non-hydrogen) atoms. The second-order valence-corrected chi connectivity index (χ2v) is 6.94. The van der Waals surface area contributed by atoms with Crippen molar-refractivity contribution in [2.75, 3.05) is 7.11 Å². The molecular weight excluding hydrogens is 494 g/mol. The summed E-state index contributed by atoms with van der Waals surface area (Å²) in [6.45, 7) is 0. The van der Waals surface area contributed by atoms with Gasteiger partial charge in [-0.2, -0.15) is 40.2 Å². The fraction of sp³-hybridized carbons (Fsp3) is 0.278. The van der Waals surface area contributed by atoms with Gasteiger partial charge in [0.05, 0.1) is 17.7 Å². The van der Waals surface area contributed by atoms with E-state index in [1.165, 1.54) is 12.1 Å². The predicted octanol–water partition coefficient (Wildman–Crippen LogP) is 5.86. The number of nitrogens with zero attached hydrogens (tertiary/aromatic N) is 3. The number of methoxy groups -OCH3 is 1. The molecule has 0 aliphatic rings. The number of rotatable bonds is 4. The summed E-state index contributed by atoms with van der Waals surface area (Å²) in [7, 11) is 1.82. The van der Waals surface area contributed by atoms with Crippen molar-refractivity contribution >= 4 is 17.6 Å². The second-order valence-electron chi connectivity index (χ2n) is 6.53. The third-order valence-corrected chi connectivity index (χ3v) is 4.72. The van der Waals surface area contributed by atoms with Gasteiger partial charge in [0.25, 0.3) is 0 Å². The molecule has 0 aliphatic heterocycles. The normalized spacial score (nSPS) is 12.8.